The van der Waals surface area contributed by atoms with E-state index in [1.54, 1.807) is 0 Å². The summed E-state index contributed by atoms with van der Waals surface area (Å²) >= 11 is 0. The molecule has 1 atom stereocenters. The highest BCUT2D eigenvalue weighted by atomic mass is 16.5. The van der Waals surface area contributed by atoms with E-state index in [0.29, 0.717) is 18.5 Å². The molecule has 1 saturated carbocycles. The van der Waals surface area contributed by atoms with E-state index in [1.165, 1.54) is 25.0 Å². The first-order valence-electron chi connectivity index (χ1n) is 8.03. The van der Waals surface area contributed by atoms with Gasteiger partial charge in [-0.1, -0.05) is 11.6 Å². The van der Waals surface area contributed by atoms with Gasteiger partial charge in [-0.05, 0) is 45.1 Å². The Kier molecular flexibility index (Phi) is 4.36. The normalized spacial score (nSPS) is 22.7. The molecule has 1 aromatic heterocycles. The summed E-state index contributed by atoms with van der Waals surface area (Å²) < 4.78 is 7.72. The van der Waals surface area contributed by atoms with Crippen LogP contribution in [0, 0.1) is 5.92 Å². The molecule has 2 N–H and O–H groups in total. The maximum absolute atomic E-state index is 5.74. The topological polar surface area (TPSA) is 66.0 Å². The van der Waals surface area contributed by atoms with Crippen molar-refractivity contribution in [2.75, 3.05) is 19.8 Å². The van der Waals surface area contributed by atoms with Crippen LogP contribution in [0.3, 0.4) is 0 Å². The highest BCUT2D eigenvalue weighted by Gasteiger charge is 2.31. The molecule has 1 aliphatic carbocycles. The van der Waals surface area contributed by atoms with Gasteiger partial charge in [0.1, 0.15) is 0 Å². The van der Waals surface area contributed by atoms with Crippen molar-refractivity contribution in [2.45, 2.75) is 57.4 Å². The van der Waals surface area contributed by atoms with Gasteiger partial charge in [0, 0.05) is 25.6 Å². The van der Waals surface area contributed by atoms with Gasteiger partial charge in [0.25, 0.3) is 0 Å². The summed E-state index contributed by atoms with van der Waals surface area (Å²) in [6.45, 7) is 4.66. The largest absolute Gasteiger partial charge is 0.381 e. The SMILES string of the molecule is CC(C1CCC1)n1nnc(CCN)c1C1CCOCC1. The van der Waals surface area contributed by atoms with Gasteiger partial charge in [0.2, 0.25) is 0 Å². The van der Waals surface area contributed by atoms with Crippen molar-refractivity contribution in [3.05, 3.63) is 11.4 Å². The summed E-state index contributed by atoms with van der Waals surface area (Å²) in [5, 5.41) is 8.92. The first kappa shape index (κ1) is 14.0. The van der Waals surface area contributed by atoms with Crippen molar-refractivity contribution in [1.82, 2.24) is 15.0 Å². The fourth-order valence-corrected chi connectivity index (χ4v) is 3.47. The van der Waals surface area contributed by atoms with Crippen LogP contribution in [0.2, 0.25) is 0 Å². The lowest BCUT2D eigenvalue weighted by Crippen LogP contribution is -2.27. The molecule has 2 aliphatic rings. The Bertz CT molecular complexity index is 435. The lowest BCUT2D eigenvalue weighted by molar-refractivity contribution is 0.0818. The van der Waals surface area contributed by atoms with E-state index >= 15 is 0 Å². The van der Waals surface area contributed by atoms with Crippen molar-refractivity contribution in [3.8, 4) is 0 Å². The molecule has 1 aliphatic heterocycles. The minimum atomic E-state index is 0.473. The molecule has 20 heavy (non-hydrogen) atoms. The Morgan fingerprint density at radius 1 is 1.30 bits per heavy atom. The molecule has 0 spiro atoms. The number of nitrogens with zero attached hydrogens (tertiary/aromatic N) is 3. The zero-order chi connectivity index (χ0) is 13.9. The van der Waals surface area contributed by atoms with Gasteiger partial charge < -0.3 is 10.5 Å². The summed E-state index contributed by atoms with van der Waals surface area (Å²) in [5.74, 6) is 1.32. The molecule has 0 aromatic carbocycles. The van der Waals surface area contributed by atoms with Crippen LogP contribution in [0.15, 0.2) is 0 Å². The van der Waals surface area contributed by atoms with Crippen LogP contribution in [0.5, 0.6) is 0 Å². The standard InChI is InChI=1S/C15H26N4O/c1-11(12-3-2-4-12)19-15(13-6-9-20-10-7-13)14(5-8-16)17-18-19/h11-13H,2-10,16H2,1H3. The third kappa shape index (κ3) is 2.61. The Balaban J connectivity index is 1.87. The van der Waals surface area contributed by atoms with E-state index in [2.05, 4.69) is 21.9 Å². The van der Waals surface area contributed by atoms with E-state index in [0.717, 1.165) is 44.1 Å². The second-order valence-electron chi connectivity index (χ2n) is 6.22. The highest BCUT2D eigenvalue weighted by molar-refractivity contribution is 5.18. The Labute approximate surface area is 120 Å². The second kappa shape index (κ2) is 6.22. The molecule has 2 heterocycles. The van der Waals surface area contributed by atoms with Crippen molar-refractivity contribution >= 4 is 0 Å². The Morgan fingerprint density at radius 2 is 2.05 bits per heavy atom. The summed E-state index contributed by atoms with van der Waals surface area (Å²) in [7, 11) is 0. The fraction of sp³-hybridized carbons (Fsp3) is 0.867. The monoisotopic (exact) mass is 278 g/mol. The predicted octanol–water partition coefficient (Wildman–Crippen LogP) is 2.03. The molecular formula is C15H26N4O. The van der Waals surface area contributed by atoms with Crippen LogP contribution < -0.4 is 5.73 Å². The van der Waals surface area contributed by atoms with Crippen LogP contribution in [0.25, 0.3) is 0 Å². The fourth-order valence-electron chi connectivity index (χ4n) is 3.47. The number of ether oxygens (including phenoxy) is 1. The van der Waals surface area contributed by atoms with Gasteiger partial charge in [-0.2, -0.15) is 0 Å². The maximum atomic E-state index is 5.74. The zero-order valence-corrected chi connectivity index (χ0v) is 12.4. The van der Waals surface area contributed by atoms with E-state index in [-0.39, 0.29) is 0 Å². The number of hydrogen-bond acceptors (Lipinski definition) is 4. The van der Waals surface area contributed by atoms with Crippen molar-refractivity contribution in [2.24, 2.45) is 11.7 Å². The summed E-state index contributed by atoms with van der Waals surface area (Å²) in [6, 6.07) is 0.473. The quantitative estimate of drug-likeness (QED) is 0.895. The second-order valence-corrected chi connectivity index (χ2v) is 6.22. The molecule has 5 heteroatoms. The molecule has 1 unspecified atom stereocenters. The van der Waals surface area contributed by atoms with Crippen LogP contribution in [0.1, 0.15) is 62.4 Å². The molecule has 112 valence electrons. The summed E-state index contributed by atoms with van der Waals surface area (Å²) in [6.07, 6.45) is 7.04. The molecule has 2 fully saturated rings. The van der Waals surface area contributed by atoms with Gasteiger partial charge in [0.15, 0.2) is 0 Å². The lowest BCUT2D eigenvalue weighted by atomic mass is 9.80. The van der Waals surface area contributed by atoms with E-state index in [1.807, 2.05) is 0 Å². The number of aromatic nitrogens is 3. The first-order valence-corrected chi connectivity index (χ1v) is 8.03. The van der Waals surface area contributed by atoms with Crippen LogP contribution in [-0.2, 0) is 11.2 Å². The van der Waals surface area contributed by atoms with Gasteiger partial charge in [0.05, 0.1) is 17.4 Å². The molecule has 5 nitrogen and oxygen atoms in total. The Hall–Kier alpha value is -0.940. The number of nitrogens with two attached hydrogens (primary N) is 1. The van der Waals surface area contributed by atoms with Gasteiger partial charge >= 0.3 is 0 Å². The van der Waals surface area contributed by atoms with E-state index in [4.69, 9.17) is 10.5 Å². The minimum absolute atomic E-state index is 0.473. The minimum Gasteiger partial charge on any atom is -0.381 e. The molecule has 1 aromatic rings. The molecule has 1 saturated heterocycles. The molecule has 0 bridgehead atoms. The first-order chi connectivity index (χ1) is 9.81. The molecule has 0 radical (unpaired) electrons. The zero-order valence-electron chi connectivity index (χ0n) is 12.4. The predicted molar refractivity (Wildman–Crippen MR) is 77.6 cm³/mol. The smallest absolute Gasteiger partial charge is 0.0874 e. The number of hydrogen-bond donors (Lipinski definition) is 1. The van der Waals surface area contributed by atoms with Crippen LogP contribution in [-0.4, -0.2) is 34.8 Å². The highest BCUT2D eigenvalue weighted by Crippen LogP contribution is 2.38. The molecular weight excluding hydrogens is 252 g/mol. The van der Waals surface area contributed by atoms with Crippen molar-refractivity contribution < 1.29 is 4.74 Å². The van der Waals surface area contributed by atoms with Gasteiger partial charge in [-0.15, -0.1) is 5.10 Å². The third-order valence-electron chi connectivity index (χ3n) is 5.01. The summed E-state index contributed by atoms with van der Waals surface area (Å²) in [4.78, 5) is 0. The van der Waals surface area contributed by atoms with Crippen molar-refractivity contribution in [1.29, 1.82) is 0 Å². The molecule has 3 rings (SSSR count). The van der Waals surface area contributed by atoms with Crippen molar-refractivity contribution in [3.63, 3.8) is 0 Å². The maximum Gasteiger partial charge on any atom is 0.0874 e. The van der Waals surface area contributed by atoms with E-state index in [9.17, 15) is 0 Å². The average molecular weight is 278 g/mol. The number of rotatable bonds is 5. The molecule has 0 amide bonds. The third-order valence-corrected chi connectivity index (χ3v) is 5.01. The lowest BCUT2D eigenvalue weighted by Gasteiger charge is -2.33. The van der Waals surface area contributed by atoms with E-state index < -0.39 is 0 Å². The van der Waals surface area contributed by atoms with Gasteiger partial charge in [-0.3, -0.25) is 0 Å². The average Bonchev–Trinajstić information content (AvgIpc) is 2.82. The van der Waals surface area contributed by atoms with Crippen LogP contribution in [0.4, 0.5) is 0 Å². The Morgan fingerprint density at radius 3 is 2.65 bits per heavy atom. The van der Waals surface area contributed by atoms with Gasteiger partial charge in [-0.25, -0.2) is 4.68 Å². The summed E-state index contributed by atoms with van der Waals surface area (Å²) in [5.41, 5.74) is 8.20. The van der Waals surface area contributed by atoms with Crippen LogP contribution >= 0.6 is 0 Å².